The van der Waals surface area contributed by atoms with Gasteiger partial charge in [0.1, 0.15) is 10.7 Å². The number of benzene rings is 1. The first kappa shape index (κ1) is 19.7. The molecule has 7 rings (SSSR count). The van der Waals surface area contributed by atoms with E-state index < -0.39 is 10.8 Å². The summed E-state index contributed by atoms with van der Waals surface area (Å²) in [6, 6.07) is 8.27. The highest BCUT2D eigenvalue weighted by Crippen LogP contribution is 2.59. The Morgan fingerprint density at radius 1 is 1.12 bits per heavy atom. The minimum absolute atomic E-state index is 0.0789. The van der Waals surface area contributed by atoms with Crippen molar-refractivity contribution in [2.75, 3.05) is 29.9 Å². The topological polar surface area (TPSA) is 78.4 Å². The first-order chi connectivity index (χ1) is 15.5. The van der Waals surface area contributed by atoms with Crippen LogP contribution >= 0.6 is 11.6 Å². The van der Waals surface area contributed by atoms with E-state index in [1.165, 1.54) is 5.56 Å². The van der Waals surface area contributed by atoms with Crippen molar-refractivity contribution in [3.8, 4) is 0 Å². The first-order valence-electron chi connectivity index (χ1n) is 11.7. The predicted molar refractivity (Wildman–Crippen MR) is 125 cm³/mol. The van der Waals surface area contributed by atoms with Gasteiger partial charge >= 0.3 is 0 Å². The second-order valence-electron chi connectivity index (χ2n) is 10.5. The van der Waals surface area contributed by atoms with Crippen LogP contribution in [0, 0.1) is 11.8 Å². The number of hydrogen-bond acceptors (Lipinski definition) is 6. The monoisotopic (exact) mass is 470 g/mol. The fraction of sp³-hybridized carbons (Fsp3) is 0.583. The summed E-state index contributed by atoms with van der Waals surface area (Å²) < 4.78 is 13.2. The standard InChI is InChI=1S/C24H27ClN4O2S/c25-15-4-2-14(3-5-15)19-16-11-29(12-17(16)19)22-26-18-10-24(8-9-24)32(31)20(18)21(27-22)28-23(13-30)6-1-7-23/h2-5,16-17,19,30H,1,6-13H2,(H,26,27,28). The van der Waals surface area contributed by atoms with E-state index in [1.54, 1.807) is 0 Å². The summed E-state index contributed by atoms with van der Waals surface area (Å²) >= 11 is 6.06. The minimum Gasteiger partial charge on any atom is -0.394 e. The number of rotatable bonds is 5. The number of nitrogens with one attached hydrogen (secondary N) is 1. The fourth-order valence-corrected chi connectivity index (χ4v) is 8.06. The van der Waals surface area contributed by atoms with Crippen molar-refractivity contribution in [2.24, 2.45) is 11.8 Å². The molecule has 3 unspecified atom stereocenters. The van der Waals surface area contributed by atoms with Gasteiger partial charge in [0.2, 0.25) is 5.95 Å². The summed E-state index contributed by atoms with van der Waals surface area (Å²) in [7, 11) is -1.06. The van der Waals surface area contributed by atoms with Crippen molar-refractivity contribution in [1.82, 2.24) is 9.97 Å². The number of nitrogens with zero attached hydrogens (tertiary/aromatic N) is 3. The Balaban J connectivity index is 1.17. The van der Waals surface area contributed by atoms with Gasteiger partial charge in [-0.25, -0.2) is 4.98 Å². The Morgan fingerprint density at radius 2 is 1.84 bits per heavy atom. The van der Waals surface area contributed by atoms with E-state index in [0.29, 0.717) is 23.6 Å². The molecule has 8 heteroatoms. The number of aliphatic hydroxyl groups excluding tert-OH is 1. The van der Waals surface area contributed by atoms with Crippen LogP contribution in [0.3, 0.4) is 0 Å². The molecule has 3 heterocycles. The summed E-state index contributed by atoms with van der Waals surface area (Å²) in [6.07, 6.45) is 5.75. The summed E-state index contributed by atoms with van der Waals surface area (Å²) in [5.74, 6) is 3.32. The number of anilines is 2. The van der Waals surface area contributed by atoms with Crippen LogP contribution in [0.25, 0.3) is 0 Å². The van der Waals surface area contributed by atoms with E-state index in [-0.39, 0.29) is 16.9 Å². The molecule has 6 nitrogen and oxygen atoms in total. The van der Waals surface area contributed by atoms with Gasteiger partial charge in [0.05, 0.1) is 33.4 Å². The smallest absolute Gasteiger partial charge is 0.227 e. The second-order valence-corrected chi connectivity index (χ2v) is 12.8. The molecule has 3 saturated carbocycles. The fourth-order valence-electron chi connectivity index (χ4n) is 6.16. The highest BCUT2D eigenvalue weighted by molar-refractivity contribution is 7.87. The van der Waals surface area contributed by atoms with Crippen LogP contribution in [-0.2, 0) is 17.2 Å². The molecule has 3 aliphatic carbocycles. The molecule has 3 atom stereocenters. The zero-order chi connectivity index (χ0) is 21.7. The Hall–Kier alpha value is -1.70. The van der Waals surface area contributed by atoms with Gasteiger partial charge in [0, 0.05) is 24.5 Å². The van der Waals surface area contributed by atoms with Crippen LogP contribution in [0.15, 0.2) is 29.2 Å². The van der Waals surface area contributed by atoms with E-state index in [9.17, 15) is 9.32 Å². The Labute approximate surface area is 195 Å². The SMILES string of the molecule is O=S1c2c(nc(N3CC4C(C3)C4c3ccc(Cl)cc3)nc2NC2(CO)CCC2)CC12CC2. The summed E-state index contributed by atoms with van der Waals surface area (Å²) in [5, 5.41) is 14.3. The van der Waals surface area contributed by atoms with E-state index in [0.717, 1.165) is 73.2 Å². The Kier molecular flexibility index (Phi) is 4.12. The van der Waals surface area contributed by atoms with Crippen molar-refractivity contribution < 1.29 is 9.32 Å². The van der Waals surface area contributed by atoms with Crippen LogP contribution in [0.1, 0.15) is 49.3 Å². The van der Waals surface area contributed by atoms with Gasteiger partial charge in [-0.2, -0.15) is 4.98 Å². The van der Waals surface area contributed by atoms with Gasteiger partial charge in [-0.05, 0) is 67.6 Å². The second kappa shape index (κ2) is 6.67. The molecule has 0 bridgehead atoms. The molecule has 2 aromatic rings. The first-order valence-corrected chi connectivity index (χ1v) is 13.3. The molecular formula is C24H27ClN4O2S. The number of aromatic nitrogens is 2. The Morgan fingerprint density at radius 3 is 2.44 bits per heavy atom. The molecule has 1 aromatic carbocycles. The molecule has 1 aromatic heterocycles. The van der Waals surface area contributed by atoms with Gasteiger partial charge in [0.15, 0.2) is 0 Å². The van der Waals surface area contributed by atoms with E-state index in [1.807, 2.05) is 12.1 Å². The van der Waals surface area contributed by atoms with Crippen LogP contribution < -0.4 is 10.2 Å². The number of piperidine rings is 1. The molecule has 2 aliphatic heterocycles. The maximum atomic E-state index is 13.3. The number of halogens is 1. The molecule has 2 N–H and O–H groups in total. The third-order valence-electron chi connectivity index (χ3n) is 8.53. The maximum Gasteiger partial charge on any atom is 0.227 e. The van der Waals surface area contributed by atoms with E-state index >= 15 is 0 Å². The van der Waals surface area contributed by atoms with Gasteiger partial charge in [-0.15, -0.1) is 0 Å². The zero-order valence-corrected chi connectivity index (χ0v) is 19.5. The Bertz CT molecular complexity index is 1110. The molecule has 5 aliphatic rings. The quantitative estimate of drug-likeness (QED) is 0.696. The zero-order valence-electron chi connectivity index (χ0n) is 17.9. The summed E-state index contributed by atoms with van der Waals surface area (Å²) in [5.41, 5.74) is 2.01. The summed E-state index contributed by atoms with van der Waals surface area (Å²) in [6.45, 7) is 1.99. The lowest BCUT2D eigenvalue weighted by Crippen LogP contribution is -2.48. The molecule has 1 spiro atoms. The normalized spacial score (nSPS) is 32.4. The highest BCUT2D eigenvalue weighted by Gasteiger charge is 2.58. The molecule has 32 heavy (non-hydrogen) atoms. The minimum atomic E-state index is -1.06. The molecule has 4 fully saturated rings. The van der Waals surface area contributed by atoms with Gasteiger partial charge in [0.25, 0.3) is 0 Å². The average Bonchev–Trinajstić information content (AvgIpc) is 3.61. The van der Waals surface area contributed by atoms with Gasteiger partial charge in [-0.1, -0.05) is 23.7 Å². The van der Waals surface area contributed by atoms with Crippen LogP contribution in [0.5, 0.6) is 0 Å². The molecular weight excluding hydrogens is 444 g/mol. The molecule has 0 radical (unpaired) electrons. The van der Waals surface area contributed by atoms with Crippen LogP contribution in [0.2, 0.25) is 5.02 Å². The lowest BCUT2D eigenvalue weighted by Gasteiger charge is -2.41. The third-order valence-corrected chi connectivity index (χ3v) is 10.9. The van der Waals surface area contributed by atoms with E-state index in [2.05, 4.69) is 22.3 Å². The van der Waals surface area contributed by atoms with Crippen molar-refractivity contribution >= 4 is 34.2 Å². The van der Waals surface area contributed by atoms with Crippen molar-refractivity contribution in [2.45, 2.75) is 59.6 Å². The van der Waals surface area contributed by atoms with Gasteiger partial charge < -0.3 is 15.3 Å². The highest BCUT2D eigenvalue weighted by atomic mass is 35.5. The van der Waals surface area contributed by atoms with Crippen molar-refractivity contribution in [3.63, 3.8) is 0 Å². The van der Waals surface area contributed by atoms with Crippen molar-refractivity contribution in [3.05, 3.63) is 40.5 Å². The summed E-state index contributed by atoms with van der Waals surface area (Å²) in [4.78, 5) is 13.0. The number of fused-ring (bicyclic) bond motifs is 2. The van der Waals surface area contributed by atoms with Crippen LogP contribution in [0.4, 0.5) is 11.8 Å². The van der Waals surface area contributed by atoms with Gasteiger partial charge in [-0.3, -0.25) is 4.21 Å². The maximum absolute atomic E-state index is 13.3. The third kappa shape index (κ3) is 2.83. The molecule has 0 amide bonds. The van der Waals surface area contributed by atoms with Crippen LogP contribution in [-0.4, -0.2) is 49.3 Å². The molecule has 1 saturated heterocycles. The number of hydrogen-bond donors (Lipinski definition) is 2. The lowest BCUT2D eigenvalue weighted by atomic mass is 9.77. The average molecular weight is 471 g/mol. The number of aliphatic hydroxyl groups is 1. The molecule has 168 valence electrons. The predicted octanol–water partition coefficient (Wildman–Crippen LogP) is 3.50. The van der Waals surface area contributed by atoms with E-state index in [4.69, 9.17) is 21.6 Å². The lowest BCUT2D eigenvalue weighted by molar-refractivity contribution is 0.143. The van der Waals surface area contributed by atoms with Crippen molar-refractivity contribution in [1.29, 1.82) is 0 Å². The largest absolute Gasteiger partial charge is 0.394 e.